The van der Waals surface area contributed by atoms with Crippen molar-refractivity contribution >= 4 is 5.91 Å². The van der Waals surface area contributed by atoms with Crippen LogP contribution < -0.4 is 0 Å². The minimum absolute atomic E-state index is 0.0205. The van der Waals surface area contributed by atoms with Gasteiger partial charge in [-0.25, -0.2) is 4.39 Å². The molecule has 150 valence electrons. The number of aromatic nitrogens is 2. The lowest BCUT2D eigenvalue weighted by Gasteiger charge is -2.21. The predicted molar refractivity (Wildman–Crippen MR) is 94.1 cm³/mol. The van der Waals surface area contributed by atoms with E-state index < -0.39 is 23.6 Å². The first-order valence-electron chi connectivity index (χ1n) is 8.91. The zero-order chi connectivity index (χ0) is 20.6. The van der Waals surface area contributed by atoms with E-state index in [1.165, 1.54) is 36.4 Å². The summed E-state index contributed by atoms with van der Waals surface area (Å²) in [5, 5.41) is 3.79. The number of hydrogen-bond donors (Lipinski definition) is 0. The van der Waals surface area contributed by atoms with Crippen LogP contribution in [-0.2, 0) is 6.18 Å². The number of carbonyl (C=O) groups is 1. The van der Waals surface area contributed by atoms with Crippen LogP contribution in [0.2, 0.25) is 0 Å². The minimum Gasteiger partial charge on any atom is -0.337 e. The Bertz CT molecular complexity index is 1030. The summed E-state index contributed by atoms with van der Waals surface area (Å²) < 4.78 is 57.2. The van der Waals surface area contributed by atoms with E-state index in [-0.39, 0.29) is 23.2 Å². The second-order valence-corrected chi connectivity index (χ2v) is 6.70. The van der Waals surface area contributed by atoms with Gasteiger partial charge in [-0.05, 0) is 49.2 Å². The van der Waals surface area contributed by atoms with E-state index in [2.05, 4.69) is 10.1 Å². The fourth-order valence-electron chi connectivity index (χ4n) is 3.35. The highest BCUT2D eigenvalue weighted by molar-refractivity contribution is 5.94. The van der Waals surface area contributed by atoms with E-state index in [0.29, 0.717) is 24.9 Å². The molecule has 0 saturated carbocycles. The highest BCUT2D eigenvalue weighted by atomic mass is 19.4. The van der Waals surface area contributed by atoms with Crippen molar-refractivity contribution in [1.29, 1.82) is 0 Å². The molecule has 1 aromatic heterocycles. The molecule has 2 aromatic carbocycles. The standard InChI is InChI=1S/C20H15F4N3O2/c21-15-8-6-12(7-9-15)19(28)27-10-2-5-16(27)18-25-17(26-29-18)13-3-1-4-14(11-13)20(22,23)24/h1,3-4,6-9,11,16H,2,5,10H2/t16-/m1/s1. The number of likely N-dealkylation sites (tertiary alicyclic amines) is 1. The van der Waals surface area contributed by atoms with Crippen LogP contribution in [-0.4, -0.2) is 27.5 Å². The van der Waals surface area contributed by atoms with Crippen molar-refractivity contribution in [3.63, 3.8) is 0 Å². The van der Waals surface area contributed by atoms with Gasteiger partial charge < -0.3 is 9.42 Å². The first-order valence-corrected chi connectivity index (χ1v) is 8.91. The maximum atomic E-state index is 13.1. The highest BCUT2D eigenvalue weighted by Gasteiger charge is 2.35. The summed E-state index contributed by atoms with van der Waals surface area (Å²) in [4.78, 5) is 18.5. The summed E-state index contributed by atoms with van der Waals surface area (Å²) >= 11 is 0. The Labute approximate surface area is 162 Å². The molecular weight excluding hydrogens is 390 g/mol. The smallest absolute Gasteiger partial charge is 0.337 e. The topological polar surface area (TPSA) is 59.2 Å². The molecule has 29 heavy (non-hydrogen) atoms. The molecular formula is C20H15F4N3O2. The van der Waals surface area contributed by atoms with E-state index in [4.69, 9.17) is 4.52 Å². The van der Waals surface area contributed by atoms with E-state index in [1.807, 2.05) is 0 Å². The summed E-state index contributed by atoms with van der Waals surface area (Å²) in [6, 6.07) is 9.36. The van der Waals surface area contributed by atoms with Crippen LogP contribution in [0, 0.1) is 5.82 Å². The largest absolute Gasteiger partial charge is 0.416 e. The van der Waals surface area contributed by atoms with Crippen LogP contribution in [0.5, 0.6) is 0 Å². The lowest BCUT2D eigenvalue weighted by atomic mass is 10.1. The van der Waals surface area contributed by atoms with E-state index in [1.54, 1.807) is 4.90 Å². The molecule has 4 rings (SSSR count). The van der Waals surface area contributed by atoms with Crippen LogP contribution in [0.1, 0.15) is 40.7 Å². The molecule has 2 heterocycles. The number of rotatable bonds is 3. The third-order valence-corrected chi connectivity index (χ3v) is 4.78. The van der Waals surface area contributed by atoms with Gasteiger partial charge in [0.1, 0.15) is 11.9 Å². The molecule has 1 aliphatic heterocycles. The number of hydrogen-bond acceptors (Lipinski definition) is 4. The van der Waals surface area contributed by atoms with Crippen molar-refractivity contribution in [3.8, 4) is 11.4 Å². The normalized spacial score (nSPS) is 17.0. The van der Waals surface area contributed by atoms with Gasteiger partial charge in [-0.3, -0.25) is 4.79 Å². The fourth-order valence-corrected chi connectivity index (χ4v) is 3.35. The molecule has 0 bridgehead atoms. The third-order valence-electron chi connectivity index (χ3n) is 4.78. The Morgan fingerprint density at radius 1 is 1.14 bits per heavy atom. The molecule has 0 unspecified atom stereocenters. The van der Waals surface area contributed by atoms with Crippen LogP contribution in [0.15, 0.2) is 53.1 Å². The maximum Gasteiger partial charge on any atom is 0.416 e. The van der Waals surface area contributed by atoms with Crippen LogP contribution >= 0.6 is 0 Å². The SMILES string of the molecule is O=C(c1ccc(F)cc1)N1CCC[C@@H]1c1nc(-c2cccc(C(F)(F)F)c2)no1. The number of carbonyl (C=O) groups excluding carboxylic acids is 1. The van der Waals surface area contributed by atoms with Crippen molar-refractivity contribution in [2.45, 2.75) is 25.1 Å². The zero-order valence-electron chi connectivity index (χ0n) is 15.0. The molecule has 0 N–H and O–H groups in total. The molecule has 3 aromatic rings. The van der Waals surface area contributed by atoms with Crippen molar-refractivity contribution in [2.24, 2.45) is 0 Å². The second kappa shape index (κ2) is 7.31. The van der Waals surface area contributed by atoms with Gasteiger partial charge in [0.05, 0.1) is 5.56 Å². The molecule has 1 fully saturated rings. The van der Waals surface area contributed by atoms with Crippen LogP contribution in [0.4, 0.5) is 17.6 Å². The quantitative estimate of drug-likeness (QED) is 0.584. The van der Waals surface area contributed by atoms with Crippen molar-refractivity contribution in [1.82, 2.24) is 15.0 Å². The first kappa shape index (κ1) is 19.1. The zero-order valence-corrected chi connectivity index (χ0v) is 15.0. The van der Waals surface area contributed by atoms with Gasteiger partial charge in [0.25, 0.3) is 5.91 Å². The summed E-state index contributed by atoms with van der Waals surface area (Å²) in [5.41, 5.74) is -0.310. The van der Waals surface area contributed by atoms with Gasteiger partial charge in [-0.15, -0.1) is 0 Å². The van der Waals surface area contributed by atoms with Gasteiger partial charge in [0.15, 0.2) is 0 Å². The van der Waals surface area contributed by atoms with E-state index in [9.17, 15) is 22.4 Å². The Hall–Kier alpha value is -3.23. The minimum atomic E-state index is -4.48. The average molecular weight is 405 g/mol. The molecule has 1 amide bonds. The summed E-state index contributed by atoms with van der Waals surface area (Å²) in [6.07, 6.45) is -3.19. The lowest BCUT2D eigenvalue weighted by Crippen LogP contribution is -2.30. The molecule has 9 heteroatoms. The van der Waals surface area contributed by atoms with Gasteiger partial charge >= 0.3 is 6.18 Å². The predicted octanol–water partition coefficient (Wildman–Crippen LogP) is 4.87. The van der Waals surface area contributed by atoms with Crippen molar-refractivity contribution in [3.05, 3.63) is 71.4 Å². The molecule has 5 nitrogen and oxygen atoms in total. The van der Waals surface area contributed by atoms with E-state index >= 15 is 0 Å². The van der Waals surface area contributed by atoms with Crippen LogP contribution in [0.25, 0.3) is 11.4 Å². The molecule has 0 radical (unpaired) electrons. The second-order valence-electron chi connectivity index (χ2n) is 6.70. The van der Waals surface area contributed by atoms with Gasteiger partial charge in [-0.2, -0.15) is 18.2 Å². The number of benzene rings is 2. The fraction of sp³-hybridized carbons (Fsp3) is 0.250. The highest BCUT2D eigenvalue weighted by Crippen LogP contribution is 2.35. The molecule has 1 atom stereocenters. The molecule has 0 spiro atoms. The average Bonchev–Trinajstić information content (AvgIpc) is 3.37. The summed E-state index contributed by atoms with van der Waals surface area (Å²) in [6.45, 7) is 0.460. The molecule has 1 saturated heterocycles. The summed E-state index contributed by atoms with van der Waals surface area (Å²) in [5.74, 6) is -0.564. The molecule has 0 aliphatic carbocycles. The number of nitrogens with zero attached hydrogens (tertiary/aromatic N) is 3. The number of halogens is 4. The maximum absolute atomic E-state index is 13.1. The van der Waals surface area contributed by atoms with E-state index in [0.717, 1.165) is 12.1 Å². The van der Waals surface area contributed by atoms with Crippen molar-refractivity contribution < 1.29 is 26.9 Å². The van der Waals surface area contributed by atoms with Crippen molar-refractivity contribution in [2.75, 3.05) is 6.54 Å². The number of amides is 1. The first-order chi connectivity index (χ1) is 13.8. The van der Waals surface area contributed by atoms with Gasteiger partial charge in [-0.1, -0.05) is 17.3 Å². The molecule has 1 aliphatic rings. The monoisotopic (exact) mass is 405 g/mol. The number of alkyl halides is 3. The Morgan fingerprint density at radius 3 is 2.62 bits per heavy atom. The van der Waals surface area contributed by atoms with Gasteiger partial charge in [0.2, 0.25) is 11.7 Å². The Morgan fingerprint density at radius 2 is 1.90 bits per heavy atom. The van der Waals surface area contributed by atoms with Crippen LogP contribution in [0.3, 0.4) is 0 Å². The van der Waals surface area contributed by atoms with Gasteiger partial charge in [0, 0.05) is 17.7 Å². The third kappa shape index (κ3) is 3.85. The summed E-state index contributed by atoms with van der Waals surface area (Å²) in [7, 11) is 0. The Balaban J connectivity index is 1.59. The lowest BCUT2D eigenvalue weighted by molar-refractivity contribution is -0.137. The Kier molecular flexibility index (Phi) is 4.81.